The summed E-state index contributed by atoms with van der Waals surface area (Å²) in [5.74, 6) is -2.70. The number of hydrogen-bond donors (Lipinski definition) is 2. The smallest absolute Gasteiger partial charge is 0.398 e. The summed E-state index contributed by atoms with van der Waals surface area (Å²) in [4.78, 5) is 28.7. The quantitative estimate of drug-likeness (QED) is 0.613. The van der Waals surface area contributed by atoms with Gasteiger partial charge in [-0.05, 0) is 61.1 Å². The number of hydrogen-bond acceptors (Lipinski definition) is 5. The van der Waals surface area contributed by atoms with E-state index in [0.29, 0.717) is 24.5 Å². The van der Waals surface area contributed by atoms with Gasteiger partial charge in [-0.1, -0.05) is 0 Å². The zero-order chi connectivity index (χ0) is 24.0. The average Bonchev–Trinajstić information content (AvgIpc) is 3.65. The van der Waals surface area contributed by atoms with Crippen LogP contribution in [0, 0.1) is 17.1 Å². The van der Waals surface area contributed by atoms with E-state index in [1.807, 2.05) is 6.07 Å². The van der Waals surface area contributed by atoms with Gasteiger partial charge in [-0.25, -0.2) is 4.39 Å². The molecule has 0 unspecified atom stereocenters. The van der Waals surface area contributed by atoms with E-state index in [9.17, 15) is 32.3 Å². The molecular weight excluding hydrogens is 442 g/mol. The van der Waals surface area contributed by atoms with Gasteiger partial charge >= 0.3 is 6.18 Å². The van der Waals surface area contributed by atoms with Gasteiger partial charge in [-0.3, -0.25) is 14.6 Å². The summed E-state index contributed by atoms with van der Waals surface area (Å²) >= 11 is 0. The second-order valence-corrected chi connectivity index (χ2v) is 8.63. The molecule has 1 amide bonds. The van der Waals surface area contributed by atoms with Gasteiger partial charge in [0, 0.05) is 24.6 Å². The van der Waals surface area contributed by atoms with Crippen LogP contribution >= 0.6 is 0 Å². The second kappa shape index (κ2) is 7.83. The third-order valence-electron chi connectivity index (χ3n) is 6.14. The Labute approximate surface area is 186 Å². The Morgan fingerprint density at radius 3 is 2.42 bits per heavy atom. The lowest BCUT2D eigenvalue weighted by Crippen LogP contribution is -2.36. The van der Waals surface area contributed by atoms with Crippen LogP contribution < -0.4 is 5.32 Å². The minimum absolute atomic E-state index is 0.0249. The third kappa shape index (κ3) is 4.40. The molecule has 1 aromatic heterocycles. The molecule has 2 aliphatic carbocycles. The number of Topliss-reactive ketones (excluding diaryl/α,β-unsaturated/α-hetero) is 1. The normalized spacial score (nSPS) is 17.7. The number of phenolic OH excluding ortho intramolecular Hbond substituents is 1. The van der Waals surface area contributed by atoms with E-state index < -0.39 is 52.4 Å². The van der Waals surface area contributed by atoms with Gasteiger partial charge in [-0.2, -0.15) is 18.4 Å². The maximum Gasteiger partial charge on any atom is 0.398 e. The van der Waals surface area contributed by atoms with E-state index in [2.05, 4.69) is 10.3 Å². The Bertz CT molecular complexity index is 1180. The molecule has 1 aromatic carbocycles. The molecule has 0 aliphatic heterocycles. The Morgan fingerprint density at radius 2 is 1.85 bits per heavy atom. The molecule has 172 valence electrons. The molecule has 6 nitrogen and oxygen atoms in total. The topological polar surface area (TPSA) is 103 Å². The zero-order valence-corrected chi connectivity index (χ0v) is 17.3. The number of carbonyl (C=O) groups excluding carboxylic acids is 2. The number of rotatable bonds is 7. The first-order chi connectivity index (χ1) is 15.5. The summed E-state index contributed by atoms with van der Waals surface area (Å²) in [6, 6.07) is 6.45. The first-order valence-electron chi connectivity index (χ1n) is 10.3. The van der Waals surface area contributed by atoms with Crippen LogP contribution in [-0.4, -0.2) is 33.5 Å². The Kier molecular flexibility index (Phi) is 5.39. The van der Waals surface area contributed by atoms with Crippen molar-refractivity contribution < 1.29 is 32.3 Å². The highest BCUT2D eigenvalue weighted by molar-refractivity contribution is 5.94. The van der Waals surface area contributed by atoms with Crippen molar-refractivity contribution >= 4 is 11.7 Å². The number of amides is 1. The molecule has 2 N–H and O–H groups in total. The molecule has 0 spiro atoms. The minimum atomic E-state index is -4.61. The fourth-order valence-corrected chi connectivity index (χ4v) is 3.84. The molecule has 33 heavy (non-hydrogen) atoms. The predicted octanol–water partition coefficient (Wildman–Crippen LogP) is 3.66. The molecule has 10 heteroatoms. The average molecular weight is 461 g/mol. The molecule has 0 bridgehead atoms. The standard InChI is InChI=1S/C23H19F4N3O3/c24-17-11-16(22(4-5-22)23(25,26)27)19(32)10-14(17)9-15(31)7-13-1-6-29-18(8-13)20(33)30-21(12-28)2-3-21/h1,6,8,10-11,32H,2-5,7,9H2,(H,30,33). The Hall–Kier alpha value is -3.48. The number of ketones is 1. The van der Waals surface area contributed by atoms with Gasteiger partial charge in [0.25, 0.3) is 5.91 Å². The van der Waals surface area contributed by atoms with Crippen LogP contribution in [0.2, 0.25) is 0 Å². The first kappa shape index (κ1) is 22.7. The predicted molar refractivity (Wildman–Crippen MR) is 107 cm³/mol. The number of aromatic hydroxyl groups is 1. The van der Waals surface area contributed by atoms with E-state index in [-0.39, 0.29) is 30.5 Å². The summed E-state index contributed by atoms with van der Waals surface area (Å²) < 4.78 is 54.5. The Morgan fingerprint density at radius 1 is 1.15 bits per heavy atom. The number of nitriles is 1. The van der Waals surface area contributed by atoms with Gasteiger partial charge < -0.3 is 10.4 Å². The lowest BCUT2D eigenvalue weighted by atomic mass is 9.91. The van der Waals surface area contributed by atoms with Gasteiger partial charge in [0.05, 0.1) is 11.5 Å². The number of halogens is 4. The molecule has 4 rings (SSSR count). The van der Waals surface area contributed by atoms with Crippen LogP contribution in [0.25, 0.3) is 0 Å². The summed E-state index contributed by atoms with van der Waals surface area (Å²) in [7, 11) is 0. The molecular formula is C23H19F4N3O3. The van der Waals surface area contributed by atoms with Crippen LogP contribution in [0.4, 0.5) is 17.6 Å². The van der Waals surface area contributed by atoms with Crippen LogP contribution in [0.1, 0.15) is 52.9 Å². The molecule has 0 radical (unpaired) electrons. The fourth-order valence-electron chi connectivity index (χ4n) is 3.84. The summed E-state index contributed by atoms with van der Waals surface area (Å²) in [6.07, 6.45) is -3.25. The highest BCUT2D eigenvalue weighted by atomic mass is 19.4. The largest absolute Gasteiger partial charge is 0.508 e. The minimum Gasteiger partial charge on any atom is -0.508 e. The van der Waals surface area contributed by atoms with Gasteiger partial charge in [0.2, 0.25) is 0 Å². The van der Waals surface area contributed by atoms with Crippen molar-refractivity contribution in [2.75, 3.05) is 0 Å². The molecule has 2 saturated carbocycles. The molecule has 0 atom stereocenters. The fraction of sp³-hybridized carbons (Fsp3) is 0.391. The molecule has 1 heterocycles. The lowest BCUT2D eigenvalue weighted by Gasteiger charge is -2.21. The Balaban J connectivity index is 1.45. The van der Waals surface area contributed by atoms with Crippen molar-refractivity contribution in [3.8, 4) is 11.8 Å². The summed E-state index contributed by atoms with van der Waals surface area (Å²) in [5.41, 5.74) is -3.38. The van der Waals surface area contributed by atoms with Gasteiger partial charge in [-0.15, -0.1) is 0 Å². The second-order valence-electron chi connectivity index (χ2n) is 8.63. The van der Waals surface area contributed by atoms with Crippen molar-refractivity contribution in [2.24, 2.45) is 0 Å². The zero-order valence-electron chi connectivity index (χ0n) is 17.3. The number of nitrogens with one attached hydrogen (secondary N) is 1. The van der Waals surface area contributed by atoms with Crippen molar-refractivity contribution in [2.45, 2.75) is 55.7 Å². The van der Waals surface area contributed by atoms with Crippen molar-refractivity contribution in [3.05, 3.63) is 58.7 Å². The molecule has 2 aromatic rings. The van der Waals surface area contributed by atoms with E-state index in [0.717, 1.165) is 6.07 Å². The SMILES string of the molecule is N#CC1(NC(=O)c2cc(CC(=O)Cc3cc(O)c(C4(C(F)(F)F)CC4)cc3F)ccn2)CC1. The van der Waals surface area contributed by atoms with E-state index >= 15 is 0 Å². The molecule has 2 aliphatic rings. The van der Waals surface area contributed by atoms with Crippen LogP contribution in [-0.2, 0) is 23.1 Å². The van der Waals surface area contributed by atoms with Crippen LogP contribution in [0.15, 0.2) is 30.5 Å². The molecule has 0 saturated heterocycles. The first-order valence-corrected chi connectivity index (χ1v) is 10.3. The maximum atomic E-state index is 14.5. The van der Waals surface area contributed by atoms with Gasteiger partial charge in [0.1, 0.15) is 28.6 Å². The highest BCUT2D eigenvalue weighted by Gasteiger charge is 2.65. The number of benzene rings is 1. The number of nitrogens with zero attached hydrogens (tertiary/aromatic N) is 2. The molecule has 2 fully saturated rings. The number of aromatic nitrogens is 1. The lowest BCUT2D eigenvalue weighted by molar-refractivity contribution is -0.161. The van der Waals surface area contributed by atoms with E-state index in [1.165, 1.54) is 18.3 Å². The van der Waals surface area contributed by atoms with Crippen molar-refractivity contribution in [3.63, 3.8) is 0 Å². The van der Waals surface area contributed by atoms with Crippen LogP contribution in [0.5, 0.6) is 5.75 Å². The summed E-state index contributed by atoms with van der Waals surface area (Å²) in [5, 5.41) is 21.8. The third-order valence-corrected chi connectivity index (χ3v) is 6.14. The summed E-state index contributed by atoms with van der Waals surface area (Å²) in [6.45, 7) is 0. The number of alkyl halides is 3. The monoisotopic (exact) mass is 461 g/mol. The highest BCUT2D eigenvalue weighted by Crippen LogP contribution is 2.60. The van der Waals surface area contributed by atoms with Crippen molar-refractivity contribution in [1.82, 2.24) is 10.3 Å². The number of pyridine rings is 1. The van der Waals surface area contributed by atoms with E-state index in [4.69, 9.17) is 5.26 Å². The number of phenols is 1. The van der Waals surface area contributed by atoms with Gasteiger partial charge in [0.15, 0.2) is 0 Å². The number of carbonyl (C=O) groups is 2. The van der Waals surface area contributed by atoms with E-state index in [1.54, 1.807) is 0 Å². The van der Waals surface area contributed by atoms with Crippen LogP contribution in [0.3, 0.4) is 0 Å². The maximum absolute atomic E-state index is 14.5. The van der Waals surface area contributed by atoms with Crippen molar-refractivity contribution in [1.29, 1.82) is 5.26 Å².